The van der Waals surface area contributed by atoms with Crippen LogP contribution in [-0.2, 0) is 11.8 Å². The fraction of sp³-hybridized carbons (Fsp3) is 0.421. The van der Waals surface area contributed by atoms with Gasteiger partial charge in [0.25, 0.3) is 0 Å². The number of thioether (sulfide) groups is 1. The SMILES string of the molecule is CCN(C(=O)CSc1nnc(-c2ccccc2F)n1C)C1=CCCCC1. The zero-order valence-corrected chi connectivity index (χ0v) is 15.9. The lowest BCUT2D eigenvalue weighted by Gasteiger charge is -2.26. The number of allylic oxidation sites excluding steroid dienone is 2. The Balaban J connectivity index is 1.69. The highest BCUT2D eigenvalue weighted by Gasteiger charge is 2.20. The van der Waals surface area contributed by atoms with Crippen LogP contribution >= 0.6 is 11.8 Å². The summed E-state index contributed by atoms with van der Waals surface area (Å²) in [6.45, 7) is 2.67. The summed E-state index contributed by atoms with van der Waals surface area (Å²) in [4.78, 5) is 14.5. The number of carbonyl (C=O) groups is 1. The van der Waals surface area contributed by atoms with E-state index >= 15 is 0 Å². The molecular formula is C19H23FN4OS. The fourth-order valence-corrected chi connectivity index (χ4v) is 3.91. The van der Waals surface area contributed by atoms with E-state index in [-0.39, 0.29) is 17.5 Å². The minimum atomic E-state index is -0.336. The standard InChI is InChI=1S/C19H23FN4OS/c1-3-24(14-9-5-4-6-10-14)17(25)13-26-19-22-21-18(23(19)2)15-11-7-8-12-16(15)20/h7-9,11-12H,3-6,10,13H2,1-2H3. The van der Waals surface area contributed by atoms with Crippen LogP contribution in [0.1, 0.15) is 32.6 Å². The molecule has 26 heavy (non-hydrogen) atoms. The van der Waals surface area contributed by atoms with Gasteiger partial charge in [0.15, 0.2) is 11.0 Å². The number of hydrogen-bond donors (Lipinski definition) is 0. The van der Waals surface area contributed by atoms with E-state index in [2.05, 4.69) is 16.3 Å². The summed E-state index contributed by atoms with van der Waals surface area (Å²) in [5.41, 5.74) is 1.54. The highest BCUT2D eigenvalue weighted by Crippen LogP contribution is 2.26. The van der Waals surface area contributed by atoms with Gasteiger partial charge >= 0.3 is 0 Å². The van der Waals surface area contributed by atoms with Crippen molar-refractivity contribution in [1.82, 2.24) is 19.7 Å². The summed E-state index contributed by atoms with van der Waals surface area (Å²) in [5.74, 6) is 0.479. The lowest BCUT2D eigenvalue weighted by atomic mass is 10.0. The minimum Gasteiger partial charge on any atom is -0.316 e. The molecule has 1 amide bonds. The zero-order valence-electron chi connectivity index (χ0n) is 15.1. The second-order valence-corrected chi connectivity index (χ2v) is 7.16. The van der Waals surface area contributed by atoms with Crippen molar-refractivity contribution in [2.45, 2.75) is 37.8 Å². The van der Waals surface area contributed by atoms with Gasteiger partial charge in [-0.25, -0.2) is 4.39 Å². The Morgan fingerprint density at radius 2 is 2.12 bits per heavy atom. The van der Waals surface area contributed by atoms with Crippen molar-refractivity contribution < 1.29 is 9.18 Å². The minimum absolute atomic E-state index is 0.0705. The van der Waals surface area contributed by atoms with E-state index in [1.54, 1.807) is 29.8 Å². The van der Waals surface area contributed by atoms with Crippen molar-refractivity contribution in [3.05, 3.63) is 41.9 Å². The highest BCUT2D eigenvalue weighted by molar-refractivity contribution is 7.99. The van der Waals surface area contributed by atoms with Gasteiger partial charge in [0.05, 0.1) is 11.3 Å². The molecule has 0 aliphatic heterocycles. The highest BCUT2D eigenvalue weighted by atomic mass is 32.2. The van der Waals surface area contributed by atoms with Crippen molar-refractivity contribution >= 4 is 17.7 Å². The first-order chi connectivity index (χ1) is 12.6. The molecule has 0 bridgehead atoms. The largest absolute Gasteiger partial charge is 0.316 e. The molecule has 0 saturated carbocycles. The number of hydrogen-bond acceptors (Lipinski definition) is 4. The first-order valence-corrected chi connectivity index (χ1v) is 9.87. The van der Waals surface area contributed by atoms with Gasteiger partial charge in [0.2, 0.25) is 5.91 Å². The van der Waals surface area contributed by atoms with Crippen molar-refractivity contribution in [2.75, 3.05) is 12.3 Å². The zero-order chi connectivity index (χ0) is 18.5. The number of nitrogens with zero attached hydrogens (tertiary/aromatic N) is 4. The molecule has 1 heterocycles. The van der Waals surface area contributed by atoms with Crippen LogP contribution in [0.5, 0.6) is 0 Å². The van der Waals surface area contributed by atoms with E-state index in [1.807, 2.05) is 11.8 Å². The first-order valence-electron chi connectivity index (χ1n) is 8.88. The van der Waals surface area contributed by atoms with Crippen molar-refractivity contribution in [3.63, 3.8) is 0 Å². The average Bonchev–Trinajstić information content (AvgIpc) is 3.02. The molecular weight excluding hydrogens is 351 g/mol. The molecule has 0 atom stereocenters. The molecule has 3 rings (SSSR count). The summed E-state index contributed by atoms with van der Waals surface area (Å²) in [7, 11) is 1.79. The van der Waals surface area contributed by atoms with E-state index < -0.39 is 0 Å². The lowest BCUT2D eigenvalue weighted by Crippen LogP contribution is -2.32. The molecule has 0 radical (unpaired) electrons. The number of aromatic nitrogens is 3. The van der Waals surface area contributed by atoms with E-state index in [4.69, 9.17) is 0 Å². The number of benzene rings is 1. The molecule has 1 aromatic carbocycles. The van der Waals surface area contributed by atoms with Crippen LogP contribution in [0.4, 0.5) is 4.39 Å². The number of rotatable bonds is 6. The van der Waals surface area contributed by atoms with Crippen LogP contribution in [0.2, 0.25) is 0 Å². The number of halogens is 1. The molecule has 0 N–H and O–H groups in total. The summed E-state index contributed by atoms with van der Waals surface area (Å²) in [6, 6.07) is 6.48. The lowest BCUT2D eigenvalue weighted by molar-refractivity contribution is -0.126. The maximum absolute atomic E-state index is 14.0. The normalized spacial score (nSPS) is 14.2. The van der Waals surface area contributed by atoms with Crippen LogP contribution in [-0.4, -0.2) is 37.9 Å². The van der Waals surface area contributed by atoms with Gasteiger partial charge in [-0.3, -0.25) is 4.79 Å². The van der Waals surface area contributed by atoms with Crippen LogP contribution in [0.15, 0.2) is 41.2 Å². The van der Waals surface area contributed by atoms with Gasteiger partial charge in [0, 0.05) is 19.3 Å². The van der Waals surface area contributed by atoms with Crippen molar-refractivity contribution in [3.8, 4) is 11.4 Å². The smallest absolute Gasteiger partial charge is 0.237 e. The molecule has 0 fully saturated rings. The van der Waals surface area contributed by atoms with E-state index in [0.717, 1.165) is 25.0 Å². The van der Waals surface area contributed by atoms with Crippen LogP contribution < -0.4 is 0 Å². The van der Waals surface area contributed by atoms with E-state index in [0.29, 0.717) is 23.1 Å². The molecule has 0 spiro atoms. The molecule has 0 saturated heterocycles. The molecule has 5 nitrogen and oxygen atoms in total. The second-order valence-electron chi connectivity index (χ2n) is 6.21. The summed E-state index contributed by atoms with van der Waals surface area (Å²) in [5, 5.41) is 8.82. The Kier molecular flexibility index (Phi) is 6.08. The maximum Gasteiger partial charge on any atom is 0.237 e. The van der Waals surface area contributed by atoms with E-state index in [1.165, 1.54) is 24.2 Å². The van der Waals surface area contributed by atoms with Gasteiger partial charge in [-0.15, -0.1) is 10.2 Å². The first kappa shape index (κ1) is 18.6. The molecule has 1 aliphatic carbocycles. The maximum atomic E-state index is 14.0. The third kappa shape index (κ3) is 3.98. The van der Waals surface area contributed by atoms with Crippen molar-refractivity contribution in [2.24, 2.45) is 7.05 Å². The Bertz CT molecular complexity index is 818. The third-order valence-electron chi connectivity index (χ3n) is 4.51. The Hall–Kier alpha value is -2.15. The topological polar surface area (TPSA) is 51.0 Å². The van der Waals surface area contributed by atoms with Crippen LogP contribution in [0, 0.1) is 5.82 Å². The molecule has 138 valence electrons. The summed E-state index contributed by atoms with van der Waals surface area (Å²) < 4.78 is 15.7. The van der Waals surface area contributed by atoms with Crippen LogP contribution in [0.25, 0.3) is 11.4 Å². The van der Waals surface area contributed by atoms with Gasteiger partial charge < -0.3 is 9.47 Å². The second kappa shape index (κ2) is 8.49. The average molecular weight is 374 g/mol. The molecule has 2 aromatic rings. The van der Waals surface area contributed by atoms with Gasteiger partial charge in [-0.2, -0.15) is 0 Å². The molecule has 0 unspecified atom stereocenters. The quantitative estimate of drug-likeness (QED) is 0.717. The molecule has 7 heteroatoms. The molecule has 1 aromatic heterocycles. The third-order valence-corrected chi connectivity index (χ3v) is 5.51. The summed E-state index contributed by atoms with van der Waals surface area (Å²) in [6.07, 6.45) is 6.52. The summed E-state index contributed by atoms with van der Waals surface area (Å²) >= 11 is 1.33. The van der Waals surface area contributed by atoms with Gasteiger partial charge in [-0.1, -0.05) is 30.0 Å². The number of carbonyl (C=O) groups excluding carboxylic acids is 1. The van der Waals surface area contributed by atoms with E-state index in [9.17, 15) is 9.18 Å². The predicted octanol–water partition coefficient (Wildman–Crippen LogP) is 4.02. The Morgan fingerprint density at radius 1 is 1.31 bits per heavy atom. The van der Waals surface area contributed by atoms with Gasteiger partial charge in [-0.05, 0) is 44.7 Å². The number of amides is 1. The van der Waals surface area contributed by atoms with Gasteiger partial charge in [0.1, 0.15) is 5.82 Å². The Morgan fingerprint density at radius 3 is 2.81 bits per heavy atom. The fourth-order valence-electron chi connectivity index (χ4n) is 3.13. The van der Waals surface area contributed by atoms with Crippen molar-refractivity contribution in [1.29, 1.82) is 0 Å². The van der Waals surface area contributed by atoms with Crippen LogP contribution in [0.3, 0.4) is 0 Å². The Labute approximate surface area is 157 Å². The monoisotopic (exact) mass is 374 g/mol. The predicted molar refractivity (Wildman–Crippen MR) is 101 cm³/mol. The molecule has 1 aliphatic rings.